The number of carboxylic acids is 1. The number of hydrogen-bond donors (Lipinski definition) is 1. The minimum Gasteiger partial charge on any atom is -0.478 e. The molecule has 0 fully saturated rings. The highest BCUT2D eigenvalue weighted by molar-refractivity contribution is 7.98. The molecule has 0 radical (unpaired) electrons. The van der Waals surface area contributed by atoms with Crippen LogP contribution in [0.15, 0.2) is 41.8 Å². The first kappa shape index (κ1) is 12.9. The van der Waals surface area contributed by atoms with Crippen molar-refractivity contribution in [2.24, 2.45) is 0 Å². The van der Waals surface area contributed by atoms with Gasteiger partial charge in [0.15, 0.2) is 0 Å². The van der Waals surface area contributed by atoms with Gasteiger partial charge in [-0.05, 0) is 11.6 Å². The first-order valence-corrected chi connectivity index (χ1v) is 6.44. The van der Waals surface area contributed by atoms with E-state index in [-0.39, 0.29) is 5.56 Å². The van der Waals surface area contributed by atoms with E-state index in [1.165, 1.54) is 24.3 Å². The Morgan fingerprint density at radius 2 is 2.17 bits per heavy atom. The molecule has 1 heterocycles. The summed E-state index contributed by atoms with van der Waals surface area (Å²) in [5.41, 5.74) is 1.05. The Kier molecular flexibility index (Phi) is 4.17. The summed E-state index contributed by atoms with van der Waals surface area (Å²) in [6.07, 6.45) is 2.63. The van der Waals surface area contributed by atoms with Crippen LogP contribution in [0.2, 0.25) is 5.02 Å². The third-order valence-corrected chi connectivity index (χ3v) is 3.65. The summed E-state index contributed by atoms with van der Waals surface area (Å²) in [6.45, 7) is 0. The Hall–Kier alpha value is -1.59. The predicted octanol–water partition coefficient (Wildman–Crippen LogP) is 3.12. The summed E-state index contributed by atoms with van der Waals surface area (Å²) < 4.78 is 0. The van der Waals surface area contributed by atoms with Crippen LogP contribution in [0.25, 0.3) is 0 Å². The number of thioether (sulfide) groups is 1. The Balaban J connectivity index is 2.16. The molecule has 0 atom stereocenters. The third kappa shape index (κ3) is 3.00. The van der Waals surface area contributed by atoms with Crippen LogP contribution in [0.4, 0.5) is 0 Å². The van der Waals surface area contributed by atoms with Crippen LogP contribution in [-0.2, 0) is 5.75 Å². The standard InChI is InChI=1S/C12H9ClN2O2S/c13-10-4-2-1-3-8(10)6-18-11-9(12(16)17)5-14-7-15-11/h1-5,7H,6H2,(H,16,17). The molecule has 0 aliphatic carbocycles. The highest BCUT2D eigenvalue weighted by atomic mass is 35.5. The average molecular weight is 281 g/mol. The average Bonchev–Trinajstić information content (AvgIpc) is 2.38. The van der Waals surface area contributed by atoms with E-state index in [1.54, 1.807) is 6.07 Å². The molecule has 92 valence electrons. The van der Waals surface area contributed by atoms with Crippen molar-refractivity contribution in [1.29, 1.82) is 0 Å². The van der Waals surface area contributed by atoms with Crippen molar-refractivity contribution >= 4 is 29.3 Å². The van der Waals surface area contributed by atoms with E-state index in [0.29, 0.717) is 15.8 Å². The second kappa shape index (κ2) is 5.84. The van der Waals surface area contributed by atoms with E-state index in [9.17, 15) is 4.79 Å². The molecule has 18 heavy (non-hydrogen) atoms. The lowest BCUT2D eigenvalue weighted by Gasteiger charge is -2.05. The van der Waals surface area contributed by atoms with Gasteiger partial charge in [0.05, 0.1) is 0 Å². The van der Waals surface area contributed by atoms with Gasteiger partial charge in [-0.2, -0.15) is 0 Å². The zero-order valence-corrected chi connectivity index (χ0v) is 10.8. The fraction of sp³-hybridized carbons (Fsp3) is 0.0833. The van der Waals surface area contributed by atoms with Crippen LogP contribution in [0.5, 0.6) is 0 Å². The molecule has 0 unspecified atom stereocenters. The normalized spacial score (nSPS) is 10.3. The largest absolute Gasteiger partial charge is 0.478 e. The number of halogens is 1. The van der Waals surface area contributed by atoms with Crippen LogP contribution in [0.1, 0.15) is 15.9 Å². The van der Waals surface area contributed by atoms with Crippen molar-refractivity contribution < 1.29 is 9.90 Å². The van der Waals surface area contributed by atoms with Gasteiger partial charge < -0.3 is 5.11 Å². The summed E-state index contributed by atoms with van der Waals surface area (Å²) in [6, 6.07) is 7.44. The lowest BCUT2D eigenvalue weighted by molar-refractivity contribution is 0.0691. The van der Waals surface area contributed by atoms with Crippen molar-refractivity contribution in [3.8, 4) is 0 Å². The van der Waals surface area contributed by atoms with Crippen LogP contribution in [-0.4, -0.2) is 21.0 Å². The molecule has 2 rings (SSSR count). The lowest BCUT2D eigenvalue weighted by Crippen LogP contribution is -2.01. The summed E-state index contributed by atoms with van der Waals surface area (Å²) in [4.78, 5) is 18.7. The van der Waals surface area contributed by atoms with E-state index in [1.807, 2.05) is 18.2 Å². The molecule has 0 amide bonds. The minimum atomic E-state index is -1.03. The molecule has 1 aromatic carbocycles. The number of benzene rings is 1. The van der Waals surface area contributed by atoms with E-state index in [0.717, 1.165) is 5.56 Å². The second-order valence-corrected chi connectivity index (χ2v) is 4.80. The Morgan fingerprint density at radius 3 is 2.89 bits per heavy atom. The van der Waals surface area contributed by atoms with Gasteiger partial charge in [0, 0.05) is 17.0 Å². The van der Waals surface area contributed by atoms with E-state index in [2.05, 4.69) is 9.97 Å². The second-order valence-electron chi connectivity index (χ2n) is 3.43. The van der Waals surface area contributed by atoms with Gasteiger partial charge >= 0.3 is 5.97 Å². The van der Waals surface area contributed by atoms with Crippen LogP contribution in [0.3, 0.4) is 0 Å². The van der Waals surface area contributed by atoms with Crippen molar-refractivity contribution in [2.45, 2.75) is 10.8 Å². The van der Waals surface area contributed by atoms with Gasteiger partial charge in [-0.1, -0.05) is 29.8 Å². The maximum Gasteiger partial charge on any atom is 0.340 e. The molecular formula is C12H9ClN2O2S. The molecule has 0 spiro atoms. The predicted molar refractivity (Wildman–Crippen MR) is 70.0 cm³/mol. The smallest absolute Gasteiger partial charge is 0.340 e. The molecule has 0 saturated carbocycles. The summed E-state index contributed by atoms with van der Waals surface area (Å²) >= 11 is 7.36. The molecule has 0 saturated heterocycles. The Morgan fingerprint density at radius 1 is 1.39 bits per heavy atom. The lowest BCUT2D eigenvalue weighted by atomic mass is 10.2. The molecule has 1 aromatic heterocycles. The molecule has 0 bridgehead atoms. The number of nitrogens with zero attached hydrogens (tertiary/aromatic N) is 2. The fourth-order valence-corrected chi connectivity index (χ4v) is 2.58. The number of rotatable bonds is 4. The monoisotopic (exact) mass is 280 g/mol. The van der Waals surface area contributed by atoms with Crippen LogP contribution < -0.4 is 0 Å². The quantitative estimate of drug-likeness (QED) is 0.689. The van der Waals surface area contributed by atoms with Crippen molar-refractivity contribution in [2.75, 3.05) is 0 Å². The molecule has 1 N–H and O–H groups in total. The molecule has 6 heteroatoms. The van der Waals surface area contributed by atoms with E-state index >= 15 is 0 Å². The first-order chi connectivity index (χ1) is 8.68. The van der Waals surface area contributed by atoms with Gasteiger partial charge in [-0.15, -0.1) is 11.8 Å². The van der Waals surface area contributed by atoms with Crippen LogP contribution in [0, 0.1) is 0 Å². The maximum absolute atomic E-state index is 11.0. The molecule has 0 aliphatic heterocycles. The highest BCUT2D eigenvalue weighted by Gasteiger charge is 2.12. The van der Waals surface area contributed by atoms with E-state index in [4.69, 9.17) is 16.7 Å². The van der Waals surface area contributed by atoms with Gasteiger partial charge in [-0.3, -0.25) is 0 Å². The first-order valence-electron chi connectivity index (χ1n) is 5.08. The Bertz CT molecular complexity index is 578. The van der Waals surface area contributed by atoms with Gasteiger partial charge in [0.25, 0.3) is 0 Å². The van der Waals surface area contributed by atoms with Gasteiger partial charge in [0.2, 0.25) is 0 Å². The number of aromatic carboxylic acids is 1. The molecule has 4 nitrogen and oxygen atoms in total. The fourth-order valence-electron chi connectivity index (χ4n) is 1.34. The molecule has 2 aromatic rings. The van der Waals surface area contributed by atoms with Crippen molar-refractivity contribution in [3.05, 3.63) is 52.9 Å². The summed E-state index contributed by atoms with van der Waals surface area (Å²) in [5, 5.41) is 10.1. The van der Waals surface area contributed by atoms with Crippen molar-refractivity contribution in [3.63, 3.8) is 0 Å². The zero-order chi connectivity index (χ0) is 13.0. The summed E-state index contributed by atoms with van der Waals surface area (Å²) in [5.74, 6) is -0.464. The molecule has 0 aliphatic rings. The van der Waals surface area contributed by atoms with Crippen molar-refractivity contribution in [1.82, 2.24) is 9.97 Å². The highest BCUT2D eigenvalue weighted by Crippen LogP contribution is 2.26. The SMILES string of the molecule is O=C(O)c1cncnc1SCc1ccccc1Cl. The third-order valence-electron chi connectivity index (χ3n) is 2.23. The maximum atomic E-state index is 11.0. The Labute approximate surface area is 113 Å². The van der Waals surface area contributed by atoms with Gasteiger partial charge in [-0.25, -0.2) is 14.8 Å². The number of carbonyl (C=O) groups is 1. The molecular weight excluding hydrogens is 272 g/mol. The van der Waals surface area contributed by atoms with E-state index < -0.39 is 5.97 Å². The summed E-state index contributed by atoms with van der Waals surface area (Å²) in [7, 11) is 0. The van der Waals surface area contributed by atoms with Crippen LogP contribution >= 0.6 is 23.4 Å². The number of hydrogen-bond acceptors (Lipinski definition) is 4. The number of aromatic nitrogens is 2. The van der Waals surface area contributed by atoms with Gasteiger partial charge in [0.1, 0.15) is 16.9 Å². The zero-order valence-electron chi connectivity index (χ0n) is 9.21. The topological polar surface area (TPSA) is 63.1 Å². The minimum absolute atomic E-state index is 0.106. The number of carboxylic acid groups (broad SMARTS) is 1.